The number of hydrogen-bond donors (Lipinski definition) is 8. The third kappa shape index (κ3) is 8.87. The number of ketones is 1. The van der Waals surface area contributed by atoms with Crippen LogP contribution in [-0.2, 0) is 29.5 Å². The molecule has 0 radical (unpaired) electrons. The number of aromatic hydroxyl groups is 4. The molecule has 3 heterocycles. The molecule has 0 amide bonds. The quantitative estimate of drug-likeness (QED) is 0.0580. The van der Waals surface area contributed by atoms with Crippen LogP contribution < -0.4 is 14.8 Å². The second kappa shape index (κ2) is 18.2. The van der Waals surface area contributed by atoms with Crippen LogP contribution in [0.25, 0.3) is 10.8 Å². The number of aromatic amines is 1. The summed E-state index contributed by atoms with van der Waals surface area (Å²) in [4.78, 5) is 23.9. The van der Waals surface area contributed by atoms with Gasteiger partial charge in [0, 0.05) is 41.5 Å². The lowest BCUT2D eigenvalue weighted by molar-refractivity contribution is -0.132. The Kier molecular flexibility index (Phi) is 12.6. The van der Waals surface area contributed by atoms with Crippen LogP contribution in [0.1, 0.15) is 79.8 Å². The van der Waals surface area contributed by atoms with Crippen LogP contribution in [0.2, 0.25) is 0 Å². The summed E-state index contributed by atoms with van der Waals surface area (Å²) >= 11 is 0. The van der Waals surface area contributed by atoms with Crippen molar-refractivity contribution >= 4 is 28.1 Å². The van der Waals surface area contributed by atoms with Gasteiger partial charge in [0.25, 0.3) is 0 Å². The van der Waals surface area contributed by atoms with E-state index in [0.29, 0.717) is 62.3 Å². The Labute approximate surface area is 367 Å². The first kappa shape index (κ1) is 43.4. The van der Waals surface area contributed by atoms with Gasteiger partial charge in [-0.25, -0.2) is 4.98 Å². The number of phenols is 4. The molecule has 1 fully saturated rings. The van der Waals surface area contributed by atoms with Gasteiger partial charge in [-0.1, -0.05) is 32.0 Å². The number of H-pyrrole nitrogens is 1. The van der Waals surface area contributed by atoms with Crippen molar-refractivity contribution in [1.29, 1.82) is 0 Å². The van der Waals surface area contributed by atoms with Crippen molar-refractivity contribution < 1.29 is 44.9 Å². The van der Waals surface area contributed by atoms with E-state index < -0.39 is 35.4 Å². The summed E-state index contributed by atoms with van der Waals surface area (Å²) in [5.41, 5.74) is 3.72. The third-order valence-electron chi connectivity index (χ3n) is 13.3. The zero-order valence-electron chi connectivity index (χ0n) is 35.9. The van der Waals surface area contributed by atoms with Crippen LogP contribution in [0.4, 0.5) is 11.5 Å². The number of aromatic nitrogens is 2. The van der Waals surface area contributed by atoms with Gasteiger partial charge in [0.1, 0.15) is 17.4 Å². The van der Waals surface area contributed by atoms with E-state index in [-0.39, 0.29) is 53.3 Å². The molecule has 0 saturated heterocycles. The number of benzene rings is 4. The van der Waals surface area contributed by atoms with Crippen molar-refractivity contribution in [3.05, 3.63) is 125 Å². The first-order valence-electron chi connectivity index (χ1n) is 21.9. The number of carbonyl (C=O) groups is 1. The van der Waals surface area contributed by atoms with Gasteiger partial charge in [0.15, 0.2) is 23.0 Å². The van der Waals surface area contributed by atoms with Crippen LogP contribution in [0.5, 0.6) is 34.5 Å². The normalized spacial score (nSPS) is 21.9. The summed E-state index contributed by atoms with van der Waals surface area (Å²) in [5.74, 6) is -1.77. The minimum atomic E-state index is -1.18. The van der Waals surface area contributed by atoms with Crippen LogP contribution in [0.3, 0.4) is 0 Å². The van der Waals surface area contributed by atoms with E-state index in [0.717, 1.165) is 38.8 Å². The van der Waals surface area contributed by atoms with Gasteiger partial charge in [-0.05, 0) is 157 Å². The Morgan fingerprint density at radius 2 is 1.76 bits per heavy atom. The van der Waals surface area contributed by atoms with Crippen molar-refractivity contribution in [2.24, 2.45) is 17.8 Å². The molecule has 63 heavy (non-hydrogen) atoms. The fourth-order valence-corrected chi connectivity index (χ4v) is 10.3. The van der Waals surface area contributed by atoms with E-state index in [1.165, 1.54) is 13.2 Å². The minimum Gasteiger partial charge on any atom is -0.508 e. The summed E-state index contributed by atoms with van der Waals surface area (Å²) in [7, 11) is 1.48. The van der Waals surface area contributed by atoms with E-state index in [1.807, 2.05) is 62.5 Å². The highest BCUT2D eigenvalue weighted by Crippen LogP contribution is 2.55. The predicted octanol–water partition coefficient (Wildman–Crippen LogP) is 8.72. The molecule has 12 heteroatoms. The number of ether oxygens (including phenoxy) is 2. The largest absolute Gasteiger partial charge is 0.508 e. The lowest BCUT2D eigenvalue weighted by Crippen LogP contribution is -2.51. The van der Waals surface area contributed by atoms with Gasteiger partial charge in [-0.15, -0.1) is 0 Å². The Morgan fingerprint density at radius 3 is 2.54 bits per heavy atom. The molecule has 6 aromatic rings. The van der Waals surface area contributed by atoms with Crippen LogP contribution in [0.15, 0.2) is 97.3 Å². The van der Waals surface area contributed by atoms with Crippen molar-refractivity contribution in [2.45, 2.75) is 88.8 Å². The first-order chi connectivity index (χ1) is 30.3. The number of carbonyl (C=O) groups excluding carboxylic acids is 1. The number of hydrogen-bond acceptors (Lipinski definition) is 11. The number of fused-ring (bicyclic) bond motifs is 6. The molecule has 6 atom stereocenters. The van der Waals surface area contributed by atoms with Crippen molar-refractivity contribution in [3.63, 3.8) is 0 Å². The van der Waals surface area contributed by atoms with Gasteiger partial charge in [-0.3, -0.25) is 4.79 Å². The van der Waals surface area contributed by atoms with Crippen molar-refractivity contribution in [3.8, 4) is 34.5 Å². The lowest BCUT2D eigenvalue weighted by Gasteiger charge is -2.45. The van der Waals surface area contributed by atoms with Gasteiger partial charge in [0.05, 0.1) is 31.8 Å². The van der Waals surface area contributed by atoms with Crippen molar-refractivity contribution in [1.82, 2.24) is 9.97 Å². The predicted molar refractivity (Wildman–Crippen MR) is 241 cm³/mol. The average molecular weight is 856 g/mol. The fourth-order valence-electron chi connectivity index (χ4n) is 10.3. The molecule has 1 saturated carbocycles. The topological polar surface area (TPSA) is 198 Å². The molecule has 330 valence electrons. The molecule has 0 unspecified atom stereocenters. The van der Waals surface area contributed by atoms with E-state index in [9.17, 15) is 30.6 Å². The number of aliphatic hydroxyl groups is 2. The molecule has 12 nitrogen and oxygen atoms in total. The molecule has 2 bridgehead atoms. The highest BCUT2D eigenvalue weighted by molar-refractivity contribution is 5.92. The first-order valence-corrected chi connectivity index (χ1v) is 21.9. The number of methoxy groups -OCH3 is 1. The maximum atomic E-state index is 15.9. The standard InChI is InChI=1S/C51H57N3O9/c1-29(2)28-63-47-25-33(24-45(60)50(47)61)31-8-11-38-37-12-10-36(55)22-32(37)9-13-40(38)54-48-26-34(17-20-53-48)51(18-16-41(56)39(51)27-35-5-4-19-52-35)49(44(59)23-31)43(58)15-7-30-6-14-42(57)46(21-30)62-3/h4-6,9-10,12-14,17,19-22,24-26,29,31,39,41,43,49,52,55-58,60-61H,7-8,11,15-16,18,23,27-28H2,1-3H3,(H,53,54)/t31-,39-,41+,43-,49+,51-/m1/s1. The number of nitrogens with zero attached hydrogens (tertiary/aromatic N) is 1. The SMILES string of the molecule is COc1cc(CC[C@@H](O)[C@H]2C(=O)C[C@H](c3cc(O)c(O)c(OCC(C)C)c3)CCc3c(ccc4cc(O)ccc34)Nc3cc(ccn3)[C@@]23CC[C@H](O)[C@H]3Cc2ccc[nH]2)ccc1O. The monoisotopic (exact) mass is 855 g/mol. The zero-order chi connectivity index (χ0) is 44.4. The van der Waals surface area contributed by atoms with E-state index >= 15 is 4.79 Å². The van der Waals surface area contributed by atoms with E-state index in [2.05, 4.69) is 10.3 Å². The minimum absolute atomic E-state index is 0.00210. The second-order valence-electron chi connectivity index (χ2n) is 17.8. The Balaban J connectivity index is 1.31. The molecule has 8 N–H and O–H groups in total. The molecule has 8 rings (SSSR count). The highest BCUT2D eigenvalue weighted by Gasteiger charge is 2.57. The summed E-state index contributed by atoms with van der Waals surface area (Å²) in [6, 6.07) is 25.1. The number of anilines is 2. The Hall–Kier alpha value is -6.24. The number of aryl methyl sites for hydroxylation is 2. The van der Waals surface area contributed by atoms with Gasteiger partial charge < -0.3 is 50.4 Å². The Morgan fingerprint density at radius 1 is 0.921 bits per heavy atom. The fraction of sp³-hybridized carbons (Fsp3) is 0.373. The molecule has 1 spiro atoms. The summed E-state index contributed by atoms with van der Waals surface area (Å²) < 4.78 is 11.4. The number of aliphatic hydroxyl groups excluding tert-OH is 2. The van der Waals surface area contributed by atoms with Crippen molar-refractivity contribution in [2.75, 3.05) is 19.0 Å². The van der Waals surface area contributed by atoms with Gasteiger partial charge in [0.2, 0.25) is 5.75 Å². The summed E-state index contributed by atoms with van der Waals surface area (Å²) in [6.07, 6.45) is 4.18. The number of phenolic OH excluding ortho intramolecular Hbond substituents is 4. The molecular weight excluding hydrogens is 799 g/mol. The molecule has 2 aromatic heterocycles. The van der Waals surface area contributed by atoms with Gasteiger partial charge in [-0.2, -0.15) is 0 Å². The zero-order valence-corrected chi connectivity index (χ0v) is 35.9. The maximum Gasteiger partial charge on any atom is 0.200 e. The summed E-state index contributed by atoms with van der Waals surface area (Å²) in [6.45, 7) is 4.26. The lowest BCUT2D eigenvalue weighted by atomic mass is 9.58. The second-order valence-corrected chi connectivity index (χ2v) is 17.8. The van der Waals surface area contributed by atoms with Crippen LogP contribution >= 0.6 is 0 Å². The number of Topliss-reactive ketones (excluding diaryl/α,β-unsaturated/α-hetero) is 1. The molecule has 4 aromatic carbocycles. The Bertz CT molecular complexity index is 2580. The van der Waals surface area contributed by atoms with E-state index in [1.54, 1.807) is 42.6 Å². The summed E-state index contributed by atoms with van der Waals surface area (Å²) in [5, 5.41) is 73.1. The molecule has 1 aliphatic carbocycles. The number of pyridine rings is 1. The number of rotatable bonds is 11. The maximum absolute atomic E-state index is 15.9. The average Bonchev–Trinajstić information content (AvgIpc) is 3.90. The van der Waals surface area contributed by atoms with Crippen LogP contribution in [0, 0.1) is 17.8 Å². The molecular formula is C51H57N3O9. The van der Waals surface area contributed by atoms with E-state index in [4.69, 9.17) is 14.5 Å². The highest BCUT2D eigenvalue weighted by atomic mass is 16.5. The number of nitrogens with one attached hydrogen (secondary N) is 2. The molecule has 1 aliphatic heterocycles. The smallest absolute Gasteiger partial charge is 0.200 e. The molecule has 2 aliphatic rings. The van der Waals surface area contributed by atoms with Gasteiger partial charge >= 0.3 is 0 Å². The third-order valence-corrected chi connectivity index (χ3v) is 13.3. The van der Waals surface area contributed by atoms with Crippen LogP contribution in [-0.4, -0.2) is 72.3 Å².